The molecular formula is C15H23NO5S. The molecule has 124 valence electrons. The quantitative estimate of drug-likeness (QED) is 0.703. The SMILES string of the molecule is CCOC(=O)C1CCN(C(=O)COC(=O)[C@@H]2CCSC2)CC1. The van der Waals surface area contributed by atoms with E-state index in [2.05, 4.69) is 0 Å². The second-order valence-corrected chi connectivity index (χ2v) is 6.73. The summed E-state index contributed by atoms with van der Waals surface area (Å²) in [4.78, 5) is 37.1. The Bertz CT molecular complexity index is 414. The van der Waals surface area contributed by atoms with Crippen LogP contribution < -0.4 is 0 Å². The van der Waals surface area contributed by atoms with E-state index in [0.29, 0.717) is 32.5 Å². The monoisotopic (exact) mass is 329 g/mol. The lowest BCUT2D eigenvalue weighted by Crippen LogP contribution is -2.42. The lowest BCUT2D eigenvalue weighted by atomic mass is 9.97. The van der Waals surface area contributed by atoms with Gasteiger partial charge in [-0.25, -0.2) is 0 Å². The van der Waals surface area contributed by atoms with Crippen LogP contribution >= 0.6 is 11.8 Å². The lowest BCUT2D eigenvalue weighted by molar-refractivity contribution is -0.156. The first-order chi connectivity index (χ1) is 10.6. The predicted octanol–water partition coefficient (Wildman–Crippen LogP) is 1.08. The van der Waals surface area contributed by atoms with Gasteiger partial charge >= 0.3 is 11.9 Å². The molecule has 0 aromatic heterocycles. The number of ether oxygens (including phenoxy) is 2. The lowest BCUT2D eigenvalue weighted by Gasteiger charge is -2.30. The van der Waals surface area contributed by atoms with Gasteiger partial charge in [-0.15, -0.1) is 0 Å². The molecule has 7 heteroatoms. The van der Waals surface area contributed by atoms with Crippen molar-refractivity contribution in [2.45, 2.75) is 26.2 Å². The summed E-state index contributed by atoms with van der Waals surface area (Å²) < 4.78 is 10.1. The molecule has 0 unspecified atom stereocenters. The summed E-state index contributed by atoms with van der Waals surface area (Å²) in [6.45, 7) is 3.00. The number of likely N-dealkylation sites (tertiary alicyclic amines) is 1. The first kappa shape index (κ1) is 17.1. The molecule has 0 bridgehead atoms. The summed E-state index contributed by atoms with van der Waals surface area (Å²) in [6.07, 6.45) is 2.05. The van der Waals surface area contributed by atoms with Gasteiger partial charge in [-0.3, -0.25) is 14.4 Å². The Labute approximate surface area is 134 Å². The van der Waals surface area contributed by atoms with Gasteiger partial charge in [0.25, 0.3) is 5.91 Å². The molecule has 2 aliphatic heterocycles. The zero-order valence-electron chi connectivity index (χ0n) is 12.9. The van der Waals surface area contributed by atoms with Crippen molar-refractivity contribution in [2.75, 3.05) is 37.8 Å². The van der Waals surface area contributed by atoms with E-state index in [9.17, 15) is 14.4 Å². The number of carbonyl (C=O) groups is 3. The number of hydrogen-bond acceptors (Lipinski definition) is 6. The first-order valence-electron chi connectivity index (χ1n) is 7.80. The summed E-state index contributed by atoms with van der Waals surface area (Å²) in [6, 6.07) is 0. The van der Waals surface area contributed by atoms with Crippen molar-refractivity contribution in [3.63, 3.8) is 0 Å². The summed E-state index contributed by atoms with van der Waals surface area (Å²) >= 11 is 1.74. The minimum Gasteiger partial charge on any atom is -0.466 e. The second kappa shape index (κ2) is 8.41. The molecule has 0 aliphatic carbocycles. The molecule has 1 atom stereocenters. The largest absolute Gasteiger partial charge is 0.466 e. The number of hydrogen-bond donors (Lipinski definition) is 0. The first-order valence-corrected chi connectivity index (χ1v) is 8.96. The van der Waals surface area contributed by atoms with E-state index >= 15 is 0 Å². The third-order valence-corrected chi connectivity index (χ3v) is 5.23. The van der Waals surface area contributed by atoms with Gasteiger partial charge < -0.3 is 14.4 Å². The Kier molecular flexibility index (Phi) is 6.54. The molecule has 0 N–H and O–H groups in total. The smallest absolute Gasteiger partial charge is 0.310 e. The van der Waals surface area contributed by atoms with Crippen LogP contribution in [0.2, 0.25) is 0 Å². The third kappa shape index (κ3) is 4.63. The summed E-state index contributed by atoms with van der Waals surface area (Å²) in [5, 5.41) is 0. The maximum atomic E-state index is 12.0. The Morgan fingerprint density at radius 1 is 1.05 bits per heavy atom. The highest BCUT2D eigenvalue weighted by Gasteiger charge is 2.29. The van der Waals surface area contributed by atoms with E-state index in [0.717, 1.165) is 17.9 Å². The van der Waals surface area contributed by atoms with Crippen LogP contribution in [0.4, 0.5) is 0 Å². The fraction of sp³-hybridized carbons (Fsp3) is 0.800. The topological polar surface area (TPSA) is 72.9 Å². The Morgan fingerprint density at radius 3 is 2.32 bits per heavy atom. The molecule has 0 saturated carbocycles. The fourth-order valence-corrected chi connectivity index (χ4v) is 3.89. The number of rotatable bonds is 5. The molecule has 2 fully saturated rings. The molecular weight excluding hydrogens is 306 g/mol. The van der Waals surface area contributed by atoms with Gasteiger partial charge in [0, 0.05) is 18.8 Å². The molecule has 0 spiro atoms. The maximum absolute atomic E-state index is 12.0. The van der Waals surface area contributed by atoms with Gasteiger partial charge in [0.2, 0.25) is 0 Å². The average molecular weight is 329 g/mol. The van der Waals surface area contributed by atoms with E-state index in [1.54, 1.807) is 23.6 Å². The van der Waals surface area contributed by atoms with Gasteiger partial charge in [-0.05, 0) is 31.9 Å². The highest BCUT2D eigenvalue weighted by Crippen LogP contribution is 2.24. The number of esters is 2. The van der Waals surface area contributed by atoms with Crippen molar-refractivity contribution in [3.05, 3.63) is 0 Å². The number of piperidine rings is 1. The van der Waals surface area contributed by atoms with Crippen molar-refractivity contribution in [3.8, 4) is 0 Å². The predicted molar refractivity (Wildman–Crippen MR) is 82.3 cm³/mol. The Hall–Kier alpha value is -1.24. The molecule has 2 saturated heterocycles. The van der Waals surface area contributed by atoms with E-state index < -0.39 is 0 Å². The molecule has 0 aromatic carbocycles. The second-order valence-electron chi connectivity index (χ2n) is 5.58. The van der Waals surface area contributed by atoms with E-state index in [1.165, 1.54) is 0 Å². The van der Waals surface area contributed by atoms with Crippen molar-refractivity contribution in [2.24, 2.45) is 11.8 Å². The van der Waals surface area contributed by atoms with Crippen LogP contribution in [0.5, 0.6) is 0 Å². The van der Waals surface area contributed by atoms with Crippen LogP contribution in [0.1, 0.15) is 26.2 Å². The molecule has 0 aromatic rings. The zero-order chi connectivity index (χ0) is 15.9. The van der Waals surface area contributed by atoms with Crippen molar-refractivity contribution in [1.29, 1.82) is 0 Å². The summed E-state index contributed by atoms with van der Waals surface area (Å²) in [5.41, 5.74) is 0. The zero-order valence-corrected chi connectivity index (χ0v) is 13.7. The van der Waals surface area contributed by atoms with Crippen molar-refractivity contribution < 1.29 is 23.9 Å². The molecule has 6 nitrogen and oxygen atoms in total. The maximum Gasteiger partial charge on any atom is 0.310 e. The van der Waals surface area contributed by atoms with Crippen LogP contribution in [-0.2, 0) is 23.9 Å². The molecule has 2 aliphatic rings. The number of nitrogens with zero attached hydrogens (tertiary/aromatic N) is 1. The van der Waals surface area contributed by atoms with Gasteiger partial charge in [-0.2, -0.15) is 11.8 Å². The van der Waals surface area contributed by atoms with Gasteiger partial charge in [0.1, 0.15) is 0 Å². The molecule has 0 radical (unpaired) electrons. The number of amides is 1. The van der Waals surface area contributed by atoms with Crippen molar-refractivity contribution >= 4 is 29.6 Å². The Balaban J connectivity index is 1.68. The normalized spacial score (nSPS) is 22.4. The minimum atomic E-state index is -0.264. The van der Waals surface area contributed by atoms with Gasteiger partial charge in [-0.1, -0.05) is 0 Å². The summed E-state index contributed by atoms with van der Waals surface area (Å²) in [5.74, 6) is 0.961. The molecule has 1 amide bonds. The van der Waals surface area contributed by atoms with Gasteiger partial charge in [0.15, 0.2) is 6.61 Å². The van der Waals surface area contributed by atoms with E-state index in [-0.39, 0.29) is 36.3 Å². The molecule has 2 rings (SSSR count). The van der Waals surface area contributed by atoms with Crippen LogP contribution in [0.3, 0.4) is 0 Å². The van der Waals surface area contributed by atoms with E-state index in [1.807, 2.05) is 0 Å². The van der Waals surface area contributed by atoms with Crippen LogP contribution in [0, 0.1) is 11.8 Å². The minimum absolute atomic E-state index is 0.0626. The van der Waals surface area contributed by atoms with Crippen LogP contribution in [0.25, 0.3) is 0 Å². The standard InChI is InChI=1S/C15H23NO5S/c1-2-20-14(18)11-3-6-16(7-4-11)13(17)9-21-15(19)12-5-8-22-10-12/h11-12H,2-10H2,1H3/t12-/m1/s1. The molecule has 22 heavy (non-hydrogen) atoms. The highest BCUT2D eigenvalue weighted by atomic mass is 32.2. The third-order valence-electron chi connectivity index (χ3n) is 4.07. The van der Waals surface area contributed by atoms with Crippen molar-refractivity contribution in [1.82, 2.24) is 4.90 Å². The summed E-state index contributed by atoms with van der Waals surface area (Å²) in [7, 11) is 0. The van der Waals surface area contributed by atoms with E-state index in [4.69, 9.17) is 9.47 Å². The van der Waals surface area contributed by atoms with Gasteiger partial charge in [0.05, 0.1) is 18.4 Å². The number of carbonyl (C=O) groups excluding carboxylic acids is 3. The number of thioether (sulfide) groups is 1. The van der Waals surface area contributed by atoms with Crippen LogP contribution in [0.15, 0.2) is 0 Å². The average Bonchev–Trinajstić information content (AvgIpc) is 3.07. The van der Waals surface area contributed by atoms with Crippen LogP contribution in [-0.4, -0.2) is 60.6 Å². The fourth-order valence-electron chi connectivity index (χ4n) is 2.69. The highest BCUT2D eigenvalue weighted by molar-refractivity contribution is 7.99. The molecule has 2 heterocycles. The Morgan fingerprint density at radius 2 is 1.73 bits per heavy atom.